The van der Waals surface area contributed by atoms with Crippen LogP contribution in [0.15, 0.2) is 36.4 Å². The van der Waals surface area contributed by atoms with Crippen LogP contribution in [-0.4, -0.2) is 65.2 Å². The van der Waals surface area contributed by atoms with Crippen molar-refractivity contribution in [3.8, 4) is 11.3 Å². The molecule has 1 aliphatic heterocycles. The van der Waals surface area contributed by atoms with E-state index in [1.165, 1.54) is 4.31 Å². The molecule has 0 unspecified atom stereocenters. The molecule has 2 fully saturated rings. The van der Waals surface area contributed by atoms with Crippen molar-refractivity contribution in [2.75, 3.05) is 26.2 Å². The Kier molecular flexibility index (Phi) is 4.09. The van der Waals surface area contributed by atoms with Gasteiger partial charge in [-0.2, -0.15) is 9.40 Å². The fourth-order valence-corrected chi connectivity index (χ4v) is 4.91. The van der Waals surface area contributed by atoms with Gasteiger partial charge in [0.2, 0.25) is 10.0 Å². The second kappa shape index (κ2) is 6.27. The van der Waals surface area contributed by atoms with Crippen molar-refractivity contribution in [2.24, 2.45) is 0 Å². The molecule has 1 aromatic heterocycles. The van der Waals surface area contributed by atoms with E-state index in [4.69, 9.17) is 0 Å². The molecular formula is C17H20N4O3S. The molecule has 0 spiro atoms. The quantitative estimate of drug-likeness (QED) is 0.891. The van der Waals surface area contributed by atoms with E-state index in [0.29, 0.717) is 31.9 Å². The van der Waals surface area contributed by atoms with Gasteiger partial charge in [0.05, 0.1) is 10.9 Å². The predicted molar refractivity (Wildman–Crippen MR) is 93.4 cm³/mol. The minimum Gasteiger partial charge on any atom is -0.335 e. The zero-order valence-electron chi connectivity index (χ0n) is 13.8. The number of aromatic nitrogens is 2. The van der Waals surface area contributed by atoms with Crippen molar-refractivity contribution < 1.29 is 13.2 Å². The van der Waals surface area contributed by atoms with E-state index < -0.39 is 10.0 Å². The average molecular weight is 360 g/mol. The van der Waals surface area contributed by atoms with Crippen LogP contribution in [0, 0.1) is 0 Å². The molecule has 1 aromatic carbocycles. The number of nitrogens with one attached hydrogen (secondary N) is 1. The summed E-state index contributed by atoms with van der Waals surface area (Å²) in [5, 5.41) is 6.81. The van der Waals surface area contributed by atoms with Crippen LogP contribution in [0.4, 0.5) is 0 Å². The topological polar surface area (TPSA) is 86.4 Å². The van der Waals surface area contributed by atoms with Crippen LogP contribution in [0.1, 0.15) is 23.3 Å². The van der Waals surface area contributed by atoms with Crippen LogP contribution in [-0.2, 0) is 10.0 Å². The molecule has 1 saturated heterocycles. The Hall–Kier alpha value is -2.19. The Morgan fingerprint density at radius 2 is 1.76 bits per heavy atom. The van der Waals surface area contributed by atoms with Crippen LogP contribution < -0.4 is 0 Å². The first-order chi connectivity index (χ1) is 12.1. The molecule has 7 nitrogen and oxygen atoms in total. The summed E-state index contributed by atoms with van der Waals surface area (Å²) >= 11 is 0. The molecule has 4 rings (SSSR count). The Morgan fingerprint density at radius 3 is 2.40 bits per heavy atom. The minimum absolute atomic E-state index is 0.141. The van der Waals surface area contributed by atoms with Crippen molar-refractivity contribution in [3.05, 3.63) is 42.1 Å². The maximum Gasteiger partial charge on any atom is 0.271 e. The summed E-state index contributed by atoms with van der Waals surface area (Å²) in [7, 11) is -3.16. The highest BCUT2D eigenvalue weighted by Gasteiger charge is 2.41. The normalized spacial score (nSPS) is 19.1. The summed E-state index contributed by atoms with van der Waals surface area (Å²) < 4.78 is 26.0. The molecule has 0 radical (unpaired) electrons. The number of aromatic amines is 1. The maximum absolute atomic E-state index is 12.6. The van der Waals surface area contributed by atoms with Crippen molar-refractivity contribution >= 4 is 15.9 Å². The number of rotatable bonds is 4. The number of piperazine rings is 1. The number of sulfonamides is 1. The first kappa shape index (κ1) is 16.3. The number of carbonyl (C=O) groups excluding carboxylic acids is 1. The summed E-state index contributed by atoms with van der Waals surface area (Å²) in [5.41, 5.74) is 2.09. The largest absolute Gasteiger partial charge is 0.335 e. The molecule has 1 amide bonds. The number of nitrogens with zero attached hydrogens (tertiary/aromatic N) is 3. The zero-order chi connectivity index (χ0) is 17.4. The summed E-state index contributed by atoms with van der Waals surface area (Å²) in [6.07, 6.45) is 1.52. The molecule has 1 aliphatic carbocycles. The lowest BCUT2D eigenvalue weighted by Crippen LogP contribution is -2.51. The van der Waals surface area contributed by atoms with Gasteiger partial charge in [-0.15, -0.1) is 0 Å². The lowest BCUT2D eigenvalue weighted by molar-refractivity contribution is 0.0692. The Bertz CT molecular complexity index is 866. The third-order valence-corrected chi connectivity index (χ3v) is 7.11. The van der Waals surface area contributed by atoms with E-state index in [0.717, 1.165) is 24.1 Å². The third-order valence-electron chi connectivity index (χ3n) is 4.71. The monoisotopic (exact) mass is 360 g/mol. The number of hydrogen-bond donors (Lipinski definition) is 1. The van der Waals surface area contributed by atoms with Gasteiger partial charge in [-0.1, -0.05) is 30.3 Å². The average Bonchev–Trinajstić information content (AvgIpc) is 3.40. The van der Waals surface area contributed by atoms with Gasteiger partial charge < -0.3 is 4.90 Å². The van der Waals surface area contributed by atoms with Gasteiger partial charge in [0.1, 0.15) is 5.69 Å². The lowest BCUT2D eigenvalue weighted by Gasteiger charge is -2.33. The molecule has 1 N–H and O–H groups in total. The molecule has 8 heteroatoms. The molecular weight excluding hydrogens is 340 g/mol. The van der Waals surface area contributed by atoms with Gasteiger partial charge in [0.25, 0.3) is 5.91 Å². The number of carbonyl (C=O) groups is 1. The third kappa shape index (κ3) is 3.19. The van der Waals surface area contributed by atoms with Gasteiger partial charge in [-0.05, 0) is 18.9 Å². The van der Waals surface area contributed by atoms with E-state index >= 15 is 0 Å². The minimum atomic E-state index is -3.16. The van der Waals surface area contributed by atoms with Crippen molar-refractivity contribution in [2.45, 2.75) is 18.1 Å². The molecule has 2 heterocycles. The molecule has 132 valence electrons. The summed E-state index contributed by atoms with van der Waals surface area (Å²) in [6.45, 7) is 1.55. The Balaban J connectivity index is 1.42. The number of H-pyrrole nitrogens is 1. The highest BCUT2D eigenvalue weighted by atomic mass is 32.2. The maximum atomic E-state index is 12.6. The van der Waals surface area contributed by atoms with Crippen molar-refractivity contribution in [3.63, 3.8) is 0 Å². The van der Waals surface area contributed by atoms with Gasteiger partial charge in [-0.3, -0.25) is 9.89 Å². The van der Waals surface area contributed by atoms with Crippen LogP contribution in [0.2, 0.25) is 0 Å². The summed E-state index contributed by atoms with van der Waals surface area (Å²) in [6, 6.07) is 11.4. The van der Waals surface area contributed by atoms with Crippen LogP contribution in [0.5, 0.6) is 0 Å². The SMILES string of the molecule is O=C(c1cc(-c2ccccc2)n[nH]1)N1CCN(S(=O)(=O)C2CC2)CC1. The van der Waals surface area contributed by atoms with E-state index in [1.807, 2.05) is 30.3 Å². The highest BCUT2D eigenvalue weighted by molar-refractivity contribution is 7.90. The first-order valence-electron chi connectivity index (χ1n) is 8.45. The van der Waals surface area contributed by atoms with Gasteiger partial charge >= 0.3 is 0 Å². The zero-order valence-corrected chi connectivity index (χ0v) is 14.6. The molecule has 0 bridgehead atoms. The molecule has 2 aromatic rings. The fourth-order valence-electron chi connectivity index (χ4n) is 3.08. The van der Waals surface area contributed by atoms with E-state index in [2.05, 4.69) is 10.2 Å². The number of benzene rings is 1. The molecule has 2 aliphatic rings. The van der Waals surface area contributed by atoms with Crippen LogP contribution in [0.25, 0.3) is 11.3 Å². The van der Waals surface area contributed by atoms with Crippen LogP contribution >= 0.6 is 0 Å². The van der Waals surface area contributed by atoms with Gasteiger partial charge in [-0.25, -0.2) is 8.42 Å². The second-order valence-corrected chi connectivity index (χ2v) is 8.68. The Morgan fingerprint density at radius 1 is 1.08 bits per heavy atom. The standard InChI is InChI=1S/C17H20N4O3S/c22-17(16-12-15(18-19-16)13-4-2-1-3-5-13)20-8-10-21(11-9-20)25(23,24)14-6-7-14/h1-5,12,14H,6-11H2,(H,18,19). The Labute approximate surface area is 146 Å². The van der Waals surface area contributed by atoms with E-state index in [9.17, 15) is 13.2 Å². The van der Waals surface area contributed by atoms with E-state index in [-0.39, 0.29) is 11.2 Å². The van der Waals surface area contributed by atoms with Gasteiger partial charge in [0.15, 0.2) is 0 Å². The lowest BCUT2D eigenvalue weighted by atomic mass is 10.1. The fraction of sp³-hybridized carbons (Fsp3) is 0.412. The van der Waals surface area contributed by atoms with Crippen molar-refractivity contribution in [1.29, 1.82) is 0 Å². The molecule has 25 heavy (non-hydrogen) atoms. The number of amides is 1. The molecule has 0 atom stereocenters. The highest BCUT2D eigenvalue weighted by Crippen LogP contribution is 2.31. The number of hydrogen-bond acceptors (Lipinski definition) is 4. The van der Waals surface area contributed by atoms with E-state index in [1.54, 1.807) is 11.0 Å². The predicted octanol–water partition coefficient (Wildman–Crippen LogP) is 1.33. The van der Waals surface area contributed by atoms with Crippen LogP contribution in [0.3, 0.4) is 0 Å². The summed E-state index contributed by atoms with van der Waals surface area (Å²) in [4.78, 5) is 14.3. The first-order valence-corrected chi connectivity index (χ1v) is 9.95. The van der Waals surface area contributed by atoms with Crippen molar-refractivity contribution in [1.82, 2.24) is 19.4 Å². The molecule has 1 saturated carbocycles. The second-order valence-electron chi connectivity index (χ2n) is 6.47. The smallest absolute Gasteiger partial charge is 0.271 e. The summed E-state index contributed by atoms with van der Waals surface area (Å²) in [5.74, 6) is -0.141. The van der Waals surface area contributed by atoms with Gasteiger partial charge in [0, 0.05) is 31.7 Å².